The average molecular weight is 444 g/mol. The molecule has 8 nitrogen and oxygen atoms in total. The molecule has 2 aromatic heterocycles. The van der Waals surface area contributed by atoms with Gasteiger partial charge < -0.3 is 14.0 Å². The predicted octanol–water partition coefficient (Wildman–Crippen LogP) is 4.40. The first-order chi connectivity index (χ1) is 15.1. The summed E-state index contributed by atoms with van der Waals surface area (Å²) in [7, 11) is 1.66. The molecule has 9 heteroatoms. The van der Waals surface area contributed by atoms with E-state index in [1.807, 2.05) is 24.3 Å². The van der Waals surface area contributed by atoms with Crippen LogP contribution in [0.5, 0.6) is 5.75 Å². The third-order valence-corrected chi connectivity index (χ3v) is 6.21. The summed E-state index contributed by atoms with van der Waals surface area (Å²) < 4.78 is 18.7. The second-order valence-corrected chi connectivity index (χ2v) is 9.05. The van der Waals surface area contributed by atoms with E-state index in [0.717, 1.165) is 67.0 Å². The number of rotatable bonds is 10. The van der Waals surface area contributed by atoms with Crippen molar-refractivity contribution in [3.8, 4) is 17.1 Å². The number of hydrogen-bond donors (Lipinski definition) is 0. The van der Waals surface area contributed by atoms with Crippen LogP contribution >= 0.6 is 11.8 Å². The Hall–Kier alpha value is -2.39. The van der Waals surface area contributed by atoms with E-state index in [-0.39, 0.29) is 6.10 Å². The molecular formula is C22H29N5O3S. The third-order valence-electron chi connectivity index (χ3n) is 5.26. The Labute approximate surface area is 186 Å². The van der Waals surface area contributed by atoms with Crippen molar-refractivity contribution in [2.24, 2.45) is 5.92 Å². The summed E-state index contributed by atoms with van der Waals surface area (Å²) in [5.74, 6) is 4.19. The molecule has 0 aliphatic carbocycles. The topological polar surface area (TPSA) is 88.1 Å². The largest absolute Gasteiger partial charge is 0.497 e. The summed E-state index contributed by atoms with van der Waals surface area (Å²) in [6.07, 6.45) is 4.20. The fourth-order valence-corrected chi connectivity index (χ4v) is 4.29. The number of methoxy groups -OCH3 is 1. The number of nitrogens with zero attached hydrogens (tertiary/aromatic N) is 5. The van der Waals surface area contributed by atoms with Crippen LogP contribution in [0.25, 0.3) is 11.4 Å². The van der Waals surface area contributed by atoms with Crippen molar-refractivity contribution >= 4 is 11.8 Å². The molecule has 0 amide bonds. The molecule has 3 heterocycles. The lowest BCUT2D eigenvalue weighted by Crippen LogP contribution is -2.16. The smallest absolute Gasteiger partial charge is 0.237 e. The standard InChI is InChI=1S/C22H29N5O3S/c1-15(2)6-11-19-23-20(30-26-19)14-31-22-25-24-21(16-7-9-17(28-3)10-8-16)27(22)13-18-5-4-12-29-18/h7-10,15,18H,4-6,11-14H2,1-3H3. The Morgan fingerprint density at radius 3 is 2.77 bits per heavy atom. The van der Waals surface area contributed by atoms with Crippen LogP contribution in [0.4, 0.5) is 0 Å². The zero-order chi connectivity index (χ0) is 21.6. The molecule has 1 fully saturated rings. The minimum absolute atomic E-state index is 0.179. The van der Waals surface area contributed by atoms with E-state index in [9.17, 15) is 0 Å². The minimum Gasteiger partial charge on any atom is -0.497 e. The van der Waals surface area contributed by atoms with Gasteiger partial charge in [0.15, 0.2) is 16.8 Å². The summed E-state index contributed by atoms with van der Waals surface area (Å²) in [4.78, 5) is 4.52. The van der Waals surface area contributed by atoms with E-state index in [1.54, 1.807) is 18.9 Å². The predicted molar refractivity (Wildman–Crippen MR) is 118 cm³/mol. The lowest BCUT2D eigenvalue weighted by atomic mass is 10.1. The van der Waals surface area contributed by atoms with Gasteiger partial charge in [0.2, 0.25) is 5.89 Å². The summed E-state index contributed by atoms with van der Waals surface area (Å²) >= 11 is 1.56. The Balaban J connectivity index is 1.50. The average Bonchev–Trinajstić information content (AvgIpc) is 3.53. The van der Waals surface area contributed by atoms with Gasteiger partial charge in [-0.2, -0.15) is 4.98 Å². The SMILES string of the molecule is COc1ccc(-c2nnc(SCc3nc(CCC(C)C)no3)n2CC2CCCO2)cc1. The van der Waals surface area contributed by atoms with E-state index >= 15 is 0 Å². The second-order valence-electron chi connectivity index (χ2n) is 8.11. The van der Waals surface area contributed by atoms with Gasteiger partial charge in [0.05, 0.1) is 25.5 Å². The fourth-order valence-electron chi connectivity index (χ4n) is 3.50. The number of ether oxygens (including phenoxy) is 2. The Morgan fingerprint density at radius 2 is 2.06 bits per heavy atom. The summed E-state index contributed by atoms with van der Waals surface area (Å²) in [6, 6.07) is 7.87. The highest BCUT2D eigenvalue weighted by atomic mass is 32.2. The molecule has 1 aromatic carbocycles. The van der Waals surface area contributed by atoms with Crippen LogP contribution in [0.15, 0.2) is 33.9 Å². The highest BCUT2D eigenvalue weighted by Gasteiger charge is 2.22. The molecule has 4 rings (SSSR count). The first-order valence-corrected chi connectivity index (χ1v) is 11.7. The molecule has 3 aromatic rings. The number of thioether (sulfide) groups is 1. The lowest BCUT2D eigenvalue weighted by Gasteiger charge is -2.14. The number of benzene rings is 1. The molecule has 166 valence electrons. The monoisotopic (exact) mass is 443 g/mol. The van der Waals surface area contributed by atoms with E-state index in [4.69, 9.17) is 14.0 Å². The van der Waals surface area contributed by atoms with Gasteiger partial charge in [0.1, 0.15) is 5.75 Å². The highest BCUT2D eigenvalue weighted by molar-refractivity contribution is 7.98. The Bertz CT molecular complexity index is 964. The van der Waals surface area contributed by atoms with E-state index in [2.05, 4.69) is 38.8 Å². The first kappa shape index (κ1) is 21.8. The summed E-state index contributed by atoms with van der Waals surface area (Å²) in [5.41, 5.74) is 0.993. The van der Waals surface area contributed by atoms with Crippen molar-refractivity contribution in [2.45, 2.75) is 63.1 Å². The van der Waals surface area contributed by atoms with Gasteiger partial charge in [-0.25, -0.2) is 0 Å². The van der Waals surface area contributed by atoms with Crippen molar-refractivity contribution in [1.29, 1.82) is 0 Å². The molecule has 31 heavy (non-hydrogen) atoms. The maximum atomic E-state index is 5.87. The van der Waals surface area contributed by atoms with Crippen molar-refractivity contribution in [1.82, 2.24) is 24.9 Å². The zero-order valence-corrected chi connectivity index (χ0v) is 19.1. The Kier molecular flexibility index (Phi) is 7.24. The van der Waals surface area contributed by atoms with Crippen LogP contribution in [0.1, 0.15) is 44.8 Å². The van der Waals surface area contributed by atoms with Gasteiger partial charge in [-0.3, -0.25) is 4.57 Å². The molecule has 1 aliphatic heterocycles. The molecular weight excluding hydrogens is 414 g/mol. The van der Waals surface area contributed by atoms with Gasteiger partial charge in [0.25, 0.3) is 0 Å². The molecule has 0 N–H and O–H groups in total. The molecule has 1 atom stereocenters. The summed E-state index contributed by atoms with van der Waals surface area (Å²) in [6.45, 7) is 5.92. The highest BCUT2D eigenvalue weighted by Crippen LogP contribution is 2.29. The maximum Gasteiger partial charge on any atom is 0.237 e. The first-order valence-electron chi connectivity index (χ1n) is 10.8. The maximum absolute atomic E-state index is 5.87. The van der Waals surface area contributed by atoms with Crippen molar-refractivity contribution in [3.05, 3.63) is 36.0 Å². The van der Waals surface area contributed by atoms with E-state index < -0.39 is 0 Å². The van der Waals surface area contributed by atoms with Crippen LogP contribution in [0, 0.1) is 5.92 Å². The molecule has 0 spiro atoms. The van der Waals surface area contributed by atoms with Gasteiger partial charge >= 0.3 is 0 Å². The number of aromatic nitrogens is 5. The van der Waals surface area contributed by atoms with Gasteiger partial charge in [-0.05, 0) is 49.4 Å². The molecule has 1 unspecified atom stereocenters. The molecule has 0 saturated carbocycles. The molecule has 1 aliphatic rings. The van der Waals surface area contributed by atoms with Crippen LogP contribution < -0.4 is 4.74 Å². The van der Waals surface area contributed by atoms with Gasteiger partial charge in [0, 0.05) is 18.6 Å². The van der Waals surface area contributed by atoms with Crippen molar-refractivity contribution in [2.75, 3.05) is 13.7 Å². The molecule has 1 saturated heterocycles. The van der Waals surface area contributed by atoms with Crippen LogP contribution in [0.3, 0.4) is 0 Å². The zero-order valence-electron chi connectivity index (χ0n) is 18.3. The number of aryl methyl sites for hydroxylation is 1. The van der Waals surface area contributed by atoms with Gasteiger partial charge in [-0.1, -0.05) is 30.8 Å². The quantitative estimate of drug-likeness (QED) is 0.426. The van der Waals surface area contributed by atoms with Crippen LogP contribution in [-0.4, -0.2) is 44.7 Å². The molecule has 0 radical (unpaired) electrons. The van der Waals surface area contributed by atoms with Crippen LogP contribution in [-0.2, 0) is 23.5 Å². The normalized spacial score (nSPS) is 16.3. The fraction of sp³-hybridized carbons (Fsp3) is 0.545. The lowest BCUT2D eigenvalue weighted by molar-refractivity contribution is 0.0953. The van der Waals surface area contributed by atoms with E-state index in [1.165, 1.54) is 0 Å². The third kappa shape index (κ3) is 5.65. The van der Waals surface area contributed by atoms with E-state index in [0.29, 0.717) is 17.6 Å². The van der Waals surface area contributed by atoms with Gasteiger partial charge in [-0.15, -0.1) is 10.2 Å². The van der Waals surface area contributed by atoms with Crippen molar-refractivity contribution in [3.63, 3.8) is 0 Å². The summed E-state index contributed by atoms with van der Waals surface area (Å²) in [5, 5.41) is 13.9. The second kappa shape index (κ2) is 10.3. The Morgan fingerprint density at radius 1 is 1.23 bits per heavy atom. The van der Waals surface area contributed by atoms with Crippen molar-refractivity contribution < 1.29 is 14.0 Å². The minimum atomic E-state index is 0.179. The number of hydrogen-bond acceptors (Lipinski definition) is 8. The van der Waals surface area contributed by atoms with Crippen LogP contribution in [0.2, 0.25) is 0 Å². The molecule has 0 bridgehead atoms.